The third-order valence-electron chi connectivity index (χ3n) is 6.96. The number of likely N-dealkylation sites (tertiary alicyclic amines) is 1. The molecule has 3 amide bonds. The number of fused-ring (bicyclic) bond motifs is 5. The van der Waals surface area contributed by atoms with Crippen LogP contribution in [0.2, 0.25) is 5.02 Å². The van der Waals surface area contributed by atoms with Crippen LogP contribution in [-0.4, -0.2) is 41.2 Å². The number of nitrogens with one attached hydrogen (secondary N) is 1. The van der Waals surface area contributed by atoms with Crippen molar-refractivity contribution < 1.29 is 14.4 Å². The molecule has 0 saturated carbocycles. The van der Waals surface area contributed by atoms with Crippen molar-refractivity contribution in [3.05, 3.63) is 65.2 Å². The lowest BCUT2D eigenvalue weighted by atomic mass is 9.87. The molecule has 0 unspecified atom stereocenters. The first kappa shape index (κ1) is 21.7. The van der Waals surface area contributed by atoms with Gasteiger partial charge in [0.05, 0.1) is 17.9 Å². The number of amides is 3. The molecule has 2 aromatic rings. The van der Waals surface area contributed by atoms with Gasteiger partial charge in [0.1, 0.15) is 6.04 Å². The molecule has 3 aliphatic heterocycles. The van der Waals surface area contributed by atoms with Crippen molar-refractivity contribution in [2.75, 3.05) is 16.8 Å². The standard InChI is InChI=1S/C26H26ClN3O3/c1-3-4-13-29-25(32)21-20-14-15(2)18-7-5-6-8-19(18)30(20)23(22(21)26(29)33)24(31)28-17-11-9-16(27)10-12-17/h5-12,14,20-23H,3-4,13H2,1-2H3,(H,28,31)/t20-,21+,22+,23-/m1/s1. The van der Waals surface area contributed by atoms with Gasteiger partial charge in [-0.25, -0.2) is 0 Å². The number of nitrogens with zero attached hydrogens (tertiary/aromatic N) is 2. The normalized spacial score (nSPS) is 25.5. The van der Waals surface area contributed by atoms with Gasteiger partial charge >= 0.3 is 0 Å². The van der Waals surface area contributed by atoms with Crippen molar-refractivity contribution in [1.29, 1.82) is 0 Å². The van der Waals surface area contributed by atoms with Gasteiger partial charge < -0.3 is 10.2 Å². The summed E-state index contributed by atoms with van der Waals surface area (Å²) in [5.41, 5.74) is 3.55. The Hall–Kier alpha value is -3.12. The number of hydrogen-bond donors (Lipinski definition) is 1. The van der Waals surface area contributed by atoms with Crippen LogP contribution in [0.3, 0.4) is 0 Å². The third kappa shape index (κ3) is 3.44. The van der Waals surface area contributed by atoms with E-state index in [1.807, 2.05) is 49.1 Å². The Labute approximate surface area is 198 Å². The Morgan fingerprint density at radius 1 is 1.03 bits per heavy atom. The molecule has 0 aromatic heterocycles. The lowest BCUT2D eigenvalue weighted by Gasteiger charge is -2.37. The molecule has 4 atom stereocenters. The van der Waals surface area contributed by atoms with E-state index >= 15 is 0 Å². The first-order chi connectivity index (χ1) is 15.9. The van der Waals surface area contributed by atoms with Crippen LogP contribution in [0.15, 0.2) is 54.6 Å². The molecule has 33 heavy (non-hydrogen) atoms. The number of benzene rings is 2. The second-order valence-corrected chi connectivity index (χ2v) is 9.38. The number of rotatable bonds is 5. The topological polar surface area (TPSA) is 69.7 Å². The van der Waals surface area contributed by atoms with E-state index in [1.54, 1.807) is 24.3 Å². The monoisotopic (exact) mass is 463 g/mol. The van der Waals surface area contributed by atoms with E-state index in [2.05, 4.69) is 5.32 Å². The fourth-order valence-electron chi connectivity index (χ4n) is 5.45. The molecule has 1 N–H and O–H groups in total. The van der Waals surface area contributed by atoms with Gasteiger partial charge in [-0.2, -0.15) is 0 Å². The lowest BCUT2D eigenvalue weighted by molar-refractivity contribution is -0.141. The molecule has 2 aromatic carbocycles. The van der Waals surface area contributed by atoms with Crippen LogP contribution in [0.25, 0.3) is 5.57 Å². The van der Waals surface area contributed by atoms with Crippen molar-refractivity contribution in [3.8, 4) is 0 Å². The molecular formula is C26H26ClN3O3. The largest absolute Gasteiger partial charge is 0.351 e. The highest BCUT2D eigenvalue weighted by Crippen LogP contribution is 2.50. The molecule has 0 radical (unpaired) electrons. The van der Waals surface area contributed by atoms with Crippen LogP contribution in [0.5, 0.6) is 0 Å². The van der Waals surface area contributed by atoms with E-state index in [0.717, 1.165) is 29.7 Å². The Bertz CT molecular complexity index is 1160. The molecule has 7 heteroatoms. The molecule has 0 aliphatic carbocycles. The SMILES string of the molecule is CCCCN1C(=O)[C@@H]2[C@H](C1=O)[C@H](C(=O)Nc1ccc(Cl)cc1)N1c3ccccc3C(C)=C[C@H]21. The van der Waals surface area contributed by atoms with Crippen LogP contribution in [0, 0.1) is 11.8 Å². The Balaban J connectivity index is 1.57. The molecule has 3 aliphatic rings. The fourth-order valence-corrected chi connectivity index (χ4v) is 5.57. The van der Waals surface area contributed by atoms with Crippen molar-refractivity contribution in [1.82, 2.24) is 4.90 Å². The first-order valence-corrected chi connectivity index (χ1v) is 11.8. The van der Waals surface area contributed by atoms with Crippen molar-refractivity contribution in [3.63, 3.8) is 0 Å². The van der Waals surface area contributed by atoms with Crippen LogP contribution in [-0.2, 0) is 14.4 Å². The molecule has 0 spiro atoms. The summed E-state index contributed by atoms with van der Waals surface area (Å²) < 4.78 is 0. The number of imide groups is 1. The second kappa shape index (κ2) is 8.34. The maximum absolute atomic E-state index is 13.7. The van der Waals surface area contributed by atoms with E-state index in [1.165, 1.54) is 4.90 Å². The average molecular weight is 464 g/mol. The van der Waals surface area contributed by atoms with E-state index < -0.39 is 17.9 Å². The Morgan fingerprint density at radius 3 is 2.45 bits per heavy atom. The van der Waals surface area contributed by atoms with Crippen LogP contribution in [0.1, 0.15) is 32.3 Å². The maximum Gasteiger partial charge on any atom is 0.247 e. The van der Waals surface area contributed by atoms with Gasteiger partial charge in [-0.1, -0.05) is 49.2 Å². The fraction of sp³-hybridized carbons (Fsp3) is 0.346. The first-order valence-electron chi connectivity index (χ1n) is 11.4. The summed E-state index contributed by atoms with van der Waals surface area (Å²) >= 11 is 5.99. The zero-order valence-corrected chi connectivity index (χ0v) is 19.4. The minimum atomic E-state index is -0.788. The predicted octanol–water partition coefficient (Wildman–Crippen LogP) is 4.35. The van der Waals surface area contributed by atoms with Gasteiger partial charge in [-0.3, -0.25) is 19.3 Å². The van der Waals surface area contributed by atoms with Gasteiger partial charge in [-0.05, 0) is 49.2 Å². The van der Waals surface area contributed by atoms with Crippen molar-refractivity contribution in [2.24, 2.45) is 11.8 Å². The molecule has 6 nitrogen and oxygen atoms in total. The zero-order chi connectivity index (χ0) is 23.3. The summed E-state index contributed by atoms with van der Waals surface area (Å²) in [7, 11) is 0. The highest BCUT2D eigenvalue weighted by Gasteiger charge is 2.64. The van der Waals surface area contributed by atoms with E-state index in [0.29, 0.717) is 17.3 Å². The van der Waals surface area contributed by atoms with Crippen molar-refractivity contribution in [2.45, 2.75) is 38.8 Å². The van der Waals surface area contributed by atoms with E-state index in [9.17, 15) is 14.4 Å². The minimum Gasteiger partial charge on any atom is -0.351 e. The Kier molecular flexibility index (Phi) is 5.49. The zero-order valence-electron chi connectivity index (χ0n) is 18.6. The minimum absolute atomic E-state index is 0.168. The summed E-state index contributed by atoms with van der Waals surface area (Å²) in [4.78, 5) is 44.0. The number of unbranched alkanes of at least 4 members (excludes halogenated alkanes) is 1. The van der Waals surface area contributed by atoms with Crippen LogP contribution in [0.4, 0.5) is 11.4 Å². The summed E-state index contributed by atoms with van der Waals surface area (Å²) in [6, 6.07) is 13.6. The number of hydrogen-bond acceptors (Lipinski definition) is 4. The van der Waals surface area contributed by atoms with Gasteiger partial charge in [0.15, 0.2) is 0 Å². The van der Waals surface area contributed by atoms with Crippen LogP contribution < -0.4 is 10.2 Å². The second-order valence-electron chi connectivity index (χ2n) is 8.94. The number of carbonyl (C=O) groups excluding carboxylic acids is 3. The van der Waals surface area contributed by atoms with Gasteiger partial charge in [0.2, 0.25) is 17.7 Å². The smallest absolute Gasteiger partial charge is 0.247 e. The van der Waals surface area contributed by atoms with Gasteiger partial charge in [0.25, 0.3) is 0 Å². The van der Waals surface area contributed by atoms with Crippen LogP contribution >= 0.6 is 11.6 Å². The third-order valence-corrected chi connectivity index (χ3v) is 7.21. The number of halogens is 1. The summed E-state index contributed by atoms with van der Waals surface area (Å²) in [6.45, 7) is 4.45. The molecule has 0 bridgehead atoms. The van der Waals surface area contributed by atoms with Gasteiger partial charge in [0, 0.05) is 28.5 Å². The van der Waals surface area contributed by atoms with Gasteiger partial charge in [-0.15, -0.1) is 0 Å². The number of carbonyl (C=O) groups is 3. The lowest BCUT2D eigenvalue weighted by Crippen LogP contribution is -2.50. The number of allylic oxidation sites excluding steroid dienone is 1. The average Bonchev–Trinajstić information content (AvgIpc) is 3.27. The molecule has 2 saturated heterocycles. The highest BCUT2D eigenvalue weighted by atomic mass is 35.5. The highest BCUT2D eigenvalue weighted by molar-refractivity contribution is 6.30. The maximum atomic E-state index is 13.7. The summed E-state index contributed by atoms with van der Waals surface area (Å²) in [5, 5.41) is 3.52. The molecule has 170 valence electrons. The quantitative estimate of drug-likeness (QED) is 0.669. The predicted molar refractivity (Wildman–Crippen MR) is 129 cm³/mol. The van der Waals surface area contributed by atoms with E-state index in [4.69, 9.17) is 11.6 Å². The van der Waals surface area contributed by atoms with E-state index in [-0.39, 0.29) is 23.8 Å². The number of anilines is 2. The Morgan fingerprint density at radius 2 is 1.73 bits per heavy atom. The van der Waals surface area contributed by atoms with Crippen molar-refractivity contribution >= 4 is 46.3 Å². The molecule has 3 heterocycles. The summed E-state index contributed by atoms with van der Waals surface area (Å²) in [5.74, 6) is -2.00. The number of para-hydroxylation sites is 1. The molecular weight excluding hydrogens is 438 g/mol. The molecule has 2 fully saturated rings. The summed E-state index contributed by atoms with van der Waals surface area (Å²) in [6.07, 6.45) is 3.68. The molecule has 5 rings (SSSR count).